The van der Waals surface area contributed by atoms with Gasteiger partial charge in [0.2, 0.25) is 0 Å². The first kappa shape index (κ1) is 8.21. The highest BCUT2D eigenvalue weighted by atomic mass is 79.9. The highest BCUT2D eigenvalue weighted by Gasteiger charge is 2.26. The van der Waals surface area contributed by atoms with Crippen LogP contribution in [-0.4, -0.2) is 23.3 Å². The van der Waals surface area contributed by atoms with Crippen molar-refractivity contribution in [1.82, 2.24) is 0 Å². The van der Waals surface area contributed by atoms with Gasteiger partial charge in [0.05, 0.1) is 6.10 Å². The summed E-state index contributed by atoms with van der Waals surface area (Å²) >= 11 is 3.32. The van der Waals surface area contributed by atoms with Crippen molar-refractivity contribution in [3.05, 3.63) is 0 Å². The number of halogens is 1. The Hall–Kier alpha value is 0.110. The van der Waals surface area contributed by atoms with E-state index >= 15 is 0 Å². The lowest BCUT2D eigenvalue weighted by Crippen LogP contribution is -2.18. The van der Waals surface area contributed by atoms with Crippen LogP contribution >= 0.6 is 15.9 Å². The second-order valence-corrected chi connectivity index (χ2v) is 3.24. The smallest absolute Gasteiger partial charge is 0.158 e. The maximum absolute atomic E-state index is 10.8. The van der Waals surface area contributed by atoms with Gasteiger partial charge in [0.15, 0.2) is 5.78 Å². The van der Waals surface area contributed by atoms with Crippen molar-refractivity contribution in [2.75, 3.05) is 5.33 Å². The van der Waals surface area contributed by atoms with E-state index in [1.165, 1.54) is 0 Å². The second-order valence-electron chi connectivity index (χ2n) is 2.59. The summed E-state index contributed by atoms with van der Waals surface area (Å²) in [5.74, 6) is 0.156. The number of carbonyl (C=O) groups excluding carboxylic acids is 1. The molecule has 2 nitrogen and oxygen atoms in total. The van der Waals surface area contributed by atoms with Gasteiger partial charge in [-0.1, -0.05) is 15.9 Å². The fourth-order valence-electron chi connectivity index (χ4n) is 1.12. The number of hydrogen-bond donors (Lipinski definition) is 0. The Balaban J connectivity index is 2.35. The number of carbonyl (C=O) groups is 1. The molecule has 1 saturated heterocycles. The standard InChI is InChI=1S/C7H11BrO2/c1-5(9)7-3-2-6(4-8)10-7/h6-7H,2-4H2,1H3/t6-,7?/m1/s1. The van der Waals surface area contributed by atoms with Crippen molar-refractivity contribution >= 4 is 21.7 Å². The fourth-order valence-corrected chi connectivity index (χ4v) is 1.59. The first-order chi connectivity index (χ1) is 4.74. The number of Topliss-reactive ketones (excluding diaryl/α,β-unsaturated/α-hetero) is 1. The van der Waals surface area contributed by atoms with Gasteiger partial charge in [0, 0.05) is 5.33 Å². The normalized spacial score (nSPS) is 32.6. The zero-order valence-corrected chi connectivity index (χ0v) is 7.56. The fraction of sp³-hybridized carbons (Fsp3) is 0.857. The highest BCUT2D eigenvalue weighted by Crippen LogP contribution is 2.21. The molecule has 0 radical (unpaired) electrons. The monoisotopic (exact) mass is 206 g/mol. The van der Waals surface area contributed by atoms with E-state index in [4.69, 9.17) is 4.74 Å². The Morgan fingerprint density at radius 2 is 2.40 bits per heavy atom. The van der Waals surface area contributed by atoms with E-state index < -0.39 is 0 Å². The Morgan fingerprint density at radius 1 is 1.70 bits per heavy atom. The molecule has 2 atom stereocenters. The van der Waals surface area contributed by atoms with Gasteiger partial charge in [-0.25, -0.2) is 0 Å². The van der Waals surface area contributed by atoms with Crippen molar-refractivity contribution in [2.45, 2.75) is 32.0 Å². The minimum Gasteiger partial charge on any atom is -0.366 e. The van der Waals surface area contributed by atoms with E-state index in [2.05, 4.69) is 15.9 Å². The topological polar surface area (TPSA) is 26.3 Å². The van der Waals surface area contributed by atoms with Gasteiger partial charge in [0.25, 0.3) is 0 Å². The van der Waals surface area contributed by atoms with Crippen LogP contribution in [0.25, 0.3) is 0 Å². The van der Waals surface area contributed by atoms with Crippen LogP contribution < -0.4 is 0 Å². The zero-order valence-electron chi connectivity index (χ0n) is 5.97. The second kappa shape index (κ2) is 3.49. The van der Waals surface area contributed by atoms with Crippen LogP contribution in [0.4, 0.5) is 0 Å². The van der Waals surface area contributed by atoms with Gasteiger partial charge in [-0.15, -0.1) is 0 Å². The average Bonchev–Trinajstić information content (AvgIpc) is 2.34. The summed E-state index contributed by atoms with van der Waals surface area (Å²) in [5, 5.41) is 0.844. The van der Waals surface area contributed by atoms with Crippen LogP contribution in [0.3, 0.4) is 0 Å². The third kappa shape index (κ3) is 1.80. The Labute approximate surface area is 69.1 Å². The summed E-state index contributed by atoms with van der Waals surface area (Å²) in [6.07, 6.45) is 2.04. The summed E-state index contributed by atoms with van der Waals surface area (Å²) in [6, 6.07) is 0. The molecule has 1 aliphatic rings. The summed E-state index contributed by atoms with van der Waals surface area (Å²) in [4.78, 5) is 10.8. The molecule has 0 aromatic heterocycles. The number of ether oxygens (including phenoxy) is 1. The molecular weight excluding hydrogens is 196 g/mol. The molecule has 0 amide bonds. The molecule has 1 heterocycles. The molecule has 1 rings (SSSR count). The van der Waals surface area contributed by atoms with Crippen LogP contribution in [0, 0.1) is 0 Å². The van der Waals surface area contributed by atoms with E-state index in [-0.39, 0.29) is 18.0 Å². The molecule has 0 spiro atoms. The van der Waals surface area contributed by atoms with E-state index in [1.54, 1.807) is 6.92 Å². The predicted octanol–water partition coefficient (Wildman–Crippen LogP) is 1.52. The van der Waals surface area contributed by atoms with Crippen LogP contribution in [0.2, 0.25) is 0 Å². The Morgan fingerprint density at radius 3 is 2.70 bits per heavy atom. The number of rotatable bonds is 2. The largest absolute Gasteiger partial charge is 0.366 e. The van der Waals surface area contributed by atoms with Crippen LogP contribution in [0.1, 0.15) is 19.8 Å². The number of ketones is 1. The van der Waals surface area contributed by atoms with E-state index in [9.17, 15) is 4.79 Å². The van der Waals surface area contributed by atoms with Gasteiger partial charge in [-0.3, -0.25) is 4.79 Å². The molecule has 58 valence electrons. The molecule has 3 heteroatoms. The molecule has 0 aromatic carbocycles. The Bertz CT molecular complexity index is 136. The van der Waals surface area contributed by atoms with E-state index in [0.717, 1.165) is 18.2 Å². The molecule has 1 aliphatic heterocycles. The number of hydrogen-bond acceptors (Lipinski definition) is 2. The molecule has 10 heavy (non-hydrogen) atoms. The van der Waals surface area contributed by atoms with E-state index in [1.807, 2.05) is 0 Å². The summed E-state index contributed by atoms with van der Waals surface area (Å²) in [6.45, 7) is 1.58. The molecule has 0 N–H and O–H groups in total. The summed E-state index contributed by atoms with van der Waals surface area (Å²) in [7, 11) is 0. The van der Waals surface area contributed by atoms with Crippen LogP contribution in [0.15, 0.2) is 0 Å². The maximum Gasteiger partial charge on any atom is 0.158 e. The van der Waals surface area contributed by atoms with Crippen molar-refractivity contribution in [1.29, 1.82) is 0 Å². The van der Waals surface area contributed by atoms with Crippen molar-refractivity contribution in [2.24, 2.45) is 0 Å². The van der Waals surface area contributed by atoms with Crippen LogP contribution in [-0.2, 0) is 9.53 Å². The predicted molar refractivity (Wildman–Crippen MR) is 42.4 cm³/mol. The maximum atomic E-state index is 10.8. The van der Waals surface area contributed by atoms with Crippen molar-refractivity contribution in [3.63, 3.8) is 0 Å². The molecule has 0 aromatic rings. The van der Waals surface area contributed by atoms with Gasteiger partial charge >= 0.3 is 0 Å². The van der Waals surface area contributed by atoms with Crippen molar-refractivity contribution < 1.29 is 9.53 Å². The number of alkyl halides is 1. The minimum atomic E-state index is -0.123. The van der Waals surface area contributed by atoms with Gasteiger partial charge < -0.3 is 4.74 Å². The molecular formula is C7H11BrO2. The van der Waals surface area contributed by atoms with Gasteiger partial charge in [-0.2, -0.15) is 0 Å². The Kier molecular flexibility index (Phi) is 2.86. The van der Waals surface area contributed by atoms with E-state index in [0.29, 0.717) is 0 Å². The first-order valence-corrected chi connectivity index (χ1v) is 4.58. The first-order valence-electron chi connectivity index (χ1n) is 3.46. The SMILES string of the molecule is CC(=O)C1CC[C@H](CBr)O1. The van der Waals surface area contributed by atoms with Gasteiger partial charge in [0.1, 0.15) is 6.10 Å². The minimum absolute atomic E-state index is 0.123. The summed E-state index contributed by atoms with van der Waals surface area (Å²) in [5.41, 5.74) is 0. The van der Waals surface area contributed by atoms with Crippen LogP contribution in [0.5, 0.6) is 0 Å². The third-order valence-corrected chi connectivity index (χ3v) is 2.46. The molecule has 0 saturated carbocycles. The quantitative estimate of drug-likeness (QED) is 0.641. The van der Waals surface area contributed by atoms with Crippen molar-refractivity contribution in [3.8, 4) is 0 Å². The highest BCUT2D eigenvalue weighted by molar-refractivity contribution is 9.09. The molecule has 0 aliphatic carbocycles. The lowest BCUT2D eigenvalue weighted by molar-refractivity contribution is -0.127. The van der Waals surface area contributed by atoms with Gasteiger partial charge in [-0.05, 0) is 19.8 Å². The molecule has 0 bridgehead atoms. The third-order valence-electron chi connectivity index (χ3n) is 1.73. The lowest BCUT2D eigenvalue weighted by Gasteiger charge is -2.07. The summed E-state index contributed by atoms with van der Waals surface area (Å²) < 4.78 is 5.38. The molecule has 1 unspecified atom stereocenters. The molecule has 1 fully saturated rings. The lowest BCUT2D eigenvalue weighted by atomic mass is 10.1. The average molecular weight is 207 g/mol. The zero-order chi connectivity index (χ0) is 7.56.